The Kier molecular flexibility index (Phi) is 2.70. The van der Waals surface area contributed by atoms with E-state index in [0.29, 0.717) is 6.54 Å². The van der Waals surface area contributed by atoms with E-state index in [9.17, 15) is 0 Å². The zero-order valence-electron chi connectivity index (χ0n) is 7.53. The molecular formula is C11H9N2S. The molecule has 2 aromatic rings. The van der Waals surface area contributed by atoms with Crippen molar-refractivity contribution in [3.63, 3.8) is 0 Å². The summed E-state index contributed by atoms with van der Waals surface area (Å²) in [6.07, 6.45) is 0. The largest absolute Gasteiger partial charge is 0.368 e. The molecule has 0 aliphatic rings. The Labute approximate surface area is 88.0 Å². The maximum Gasteiger partial charge on any atom is 0.134 e. The van der Waals surface area contributed by atoms with Crippen LogP contribution in [-0.4, -0.2) is 10.5 Å². The van der Waals surface area contributed by atoms with Crippen molar-refractivity contribution in [2.45, 2.75) is 6.54 Å². The molecule has 2 rings (SSSR count). The number of hydrogen-bond acceptors (Lipinski definition) is 2. The summed E-state index contributed by atoms with van der Waals surface area (Å²) < 4.78 is 0. The zero-order chi connectivity index (χ0) is 9.80. The molecule has 0 aliphatic heterocycles. The molecule has 0 saturated carbocycles. The highest BCUT2D eigenvalue weighted by Gasteiger charge is 1.95. The molecule has 0 aliphatic carbocycles. The Morgan fingerprint density at radius 1 is 1.21 bits per heavy atom. The van der Waals surface area contributed by atoms with Gasteiger partial charge in [-0.3, -0.25) is 4.98 Å². The number of pyridine rings is 1. The lowest BCUT2D eigenvalue weighted by molar-refractivity contribution is 0.905. The van der Waals surface area contributed by atoms with Crippen LogP contribution in [0.15, 0.2) is 36.4 Å². The first-order valence-electron chi connectivity index (χ1n) is 4.35. The van der Waals surface area contributed by atoms with E-state index in [1.165, 1.54) is 0 Å². The highest BCUT2D eigenvalue weighted by Crippen LogP contribution is 2.11. The predicted molar refractivity (Wildman–Crippen MR) is 61.2 cm³/mol. The lowest BCUT2D eigenvalue weighted by Crippen LogP contribution is -2.09. The standard InChI is InChI=1S/C11H9N2S/c14-8-12-7-10-6-5-9-3-1-2-4-11(9)13-10/h1-6H,7H2,(H,12,14). The first kappa shape index (κ1) is 9.09. The number of nitrogens with one attached hydrogen (secondary N) is 1. The van der Waals surface area contributed by atoms with E-state index < -0.39 is 0 Å². The van der Waals surface area contributed by atoms with E-state index in [2.05, 4.69) is 34.1 Å². The Morgan fingerprint density at radius 2 is 2.07 bits per heavy atom. The number of aromatic nitrogens is 1. The lowest BCUT2D eigenvalue weighted by atomic mass is 10.2. The van der Waals surface area contributed by atoms with Crippen LogP contribution in [0.4, 0.5) is 0 Å². The first-order valence-corrected chi connectivity index (χ1v) is 4.75. The zero-order valence-corrected chi connectivity index (χ0v) is 8.34. The van der Waals surface area contributed by atoms with Crippen LogP contribution >= 0.6 is 12.2 Å². The molecular weight excluding hydrogens is 192 g/mol. The number of nitrogens with zero attached hydrogens (tertiary/aromatic N) is 1. The highest BCUT2D eigenvalue weighted by atomic mass is 32.1. The van der Waals surface area contributed by atoms with Gasteiger partial charge in [0.15, 0.2) is 0 Å². The maximum absolute atomic E-state index is 4.56. The van der Waals surface area contributed by atoms with Crippen LogP contribution in [-0.2, 0) is 6.54 Å². The number of fused-ring (bicyclic) bond motifs is 1. The quantitative estimate of drug-likeness (QED) is 0.608. The minimum absolute atomic E-state index is 0.633. The third kappa shape index (κ3) is 1.88. The van der Waals surface area contributed by atoms with Crippen molar-refractivity contribution in [2.75, 3.05) is 0 Å². The maximum atomic E-state index is 4.56. The van der Waals surface area contributed by atoms with Crippen LogP contribution in [0.1, 0.15) is 5.69 Å². The molecule has 0 amide bonds. The fourth-order valence-corrected chi connectivity index (χ4v) is 1.41. The molecule has 3 heteroatoms. The molecule has 1 aromatic carbocycles. The number of thiocarbonyl (C=S) groups is 1. The summed E-state index contributed by atoms with van der Waals surface area (Å²) >= 11 is 4.56. The molecule has 0 unspecified atom stereocenters. The first-order chi connectivity index (χ1) is 6.90. The molecule has 69 valence electrons. The number of para-hydroxylation sites is 1. The van der Waals surface area contributed by atoms with Crippen molar-refractivity contribution in [3.8, 4) is 0 Å². The lowest BCUT2D eigenvalue weighted by Gasteiger charge is -2.01. The van der Waals surface area contributed by atoms with E-state index in [0.717, 1.165) is 16.6 Å². The molecule has 1 radical (unpaired) electrons. The molecule has 0 saturated heterocycles. The third-order valence-corrected chi connectivity index (χ3v) is 2.14. The Balaban J connectivity index is 2.36. The third-order valence-electron chi connectivity index (χ3n) is 2.00. The van der Waals surface area contributed by atoms with Gasteiger partial charge in [0, 0.05) is 5.39 Å². The normalized spacial score (nSPS) is 10.0. The highest BCUT2D eigenvalue weighted by molar-refractivity contribution is 7.78. The van der Waals surface area contributed by atoms with Gasteiger partial charge in [-0.1, -0.05) is 36.5 Å². The number of hydrogen-bond donors (Lipinski definition) is 1. The summed E-state index contributed by atoms with van der Waals surface area (Å²) in [5.41, 5.74) is 4.44. The van der Waals surface area contributed by atoms with Gasteiger partial charge in [0.2, 0.25) is 0 Å². The Hall–Kier alpha value is -1.48. The van der Waals surface area contributed by atoms with E-state index in [1.54, 1.807) is 0 Å². The van der Waals surface area contributed by atoms with Crippen molar-refractivity contribution in [3.05, 3.63) is 42.1 Å². The van der Waals surface area contributed by atoms with Gasteiger partial charge >= 0.3 is 0 Å². The fraction of sp³-hybridized carbons (Fsp3) is 0.0909. The van der Waals surface area contributed by atoms with Crippen LogP contribution < -0.4 is 5.32 Å². The minimum Gasteiger partial charge on any atom is -0.368 e. The van der Waals surface area contributed by atoms with Crippen molar-refractivity contribution in [2.24, 2.45) is 0 Å². The van der Waals surface area contributed by atoms with Crippen molar-refractivity contribution in [1.82, 2.24) is 10.3 Å². The average molecular weight is 201 g/mol. The second kappa shape index (κ2) is 4.15. The predicted octanol–water partition coefficient (Wildman–Crippen LogP) is 2.16. The topological polar surface area (TPSA) is 24.9 Å². The van der Waals surface area contributed by atoms with Gasteiger partial charge in [-0.25, -0.2) is 0 Å². The molecule has 0 spiro atoms. The van der Waals surface area contributed by atoms with Gasteiger partial charge in [0.05, 0.1) is 17.8 Å². The van der Waals surface area contributed by atoms with Gasteiger partial charge in [-0.15, -0.1) is 0 Å². The molecule has 0 fully saturated rings. The monoisotopic (exact) mass is 201 g/mol. The van der Waals surface area contributed by atoms with Gasteiger partial charge in [-0.05, 0) is 12.1 Å². The average Bonchev–Trinajstić information content (AvgIpc) is 2.26. The van der Waals surface area contributed by atoms with E-state index in [4.69, 9.17) is 0 Å². The molecule has 1 N–H and O–H groups in total. The second-order valence-corrected chi connectivity index (χ2v) is 3.16. The second-order valence-electron chi connectivity index (χ2n) is 2.95. The number of rotatable bonds is 3. The summed E-state index contributed by atoms with van der Waals surface area (Å²) in [5.74, 6) is 0. The fourth-order valence-electron chi connectivity index (χ4n) is 1.33. The van der Waals surface area contributed by atoms with Gasteiger partial charge in [0.1, 0.15) is 5.49 Å². The van der Waals surface area contributed by atoms with E-state index >= 15 is 0 Å². The molecule has 1 heterocycles. The Bertz CT molecular complexity index is 454. The summed E-state index contributed by atoms with van der Waals surface area (Å²) in [7, 11) is 0. The van der Waals surface area contributed by atoms with Gasteiger partial charge < -0.3 is 5.32 Å². The van der Waals surface area contributed by atoms with Crippen LogP contribution in [0.2, 0.25) is 0 Å². The van der Waals surface area contributed by atoms with Crippen molar-refractivity contribution in [1.29, 1.82) is 0 Å². The van der Waals surface area contributed by atoms with E-state index in [1.807, 2.05) is 30.3 Å². The molecule has 2 nitrogen and oxygen atoms in total. The summed E-state index contributed by atoms with van der Waals surface area (Å²) in [4.78, 5) is 4.46. The van der Waals surface area contributed by atoms with Crippen molar-refractivity contribution < 1.29 is 0 Å². The Morgan fingerprint density at radius 3 is 2.93 bits per heavy atom. The molecule has 0 bridgehead atoms. The van der Waals surface area contributed by atoms with Crippen molar-refractivity contribution >= 4 is 28.6 Å². The minimum atomic E-state index is 0.633. The van der Waals surface area contributed by atoms with E-state index in [-0.39, 0.29) is 0 Å². The van der Waals surface area contributed by atoms with Crippen LogP contribution in [0, 0.1) is 0 Å². The van der Waals surface area contributed by atoms with Crippen LogP contribution in [0.3, 0.4) is 0 Å². The van der Waals surface area contributed by atoms with Crippen LogP contribution in [0.5, 0.6) is 0 Å². The van der Waals surface area contributed by atoms with Gasteiger partial charge in [-0.2, -0.15) is 0 Å². The van der Waals surface area contributed by atoms with Crippen LogP contribution in [0.25, 0.3) is 10.9 Å². The number of benzene rings is 1. The summed E-state index contributed by atoms with van der Waals surface area (Å²) in [6, 6.07) is 12.1. The molecule has 14 heavy (non-hydrogen) atoms. The SMILES string of the molecule is S=[C]NCc1ccc2ccccc2n1. The van der Waals surface area contributed by atoms with Gasteiger partial charge in [0.25, 0.3) is 0 Å². The molecule has 1 aromatic heterocycles. The smallest absolute Gasteiger partial charge is 0.134 e. The summed E-state index contributed by atoms with van der Waals surface area (Å²) in [5, 5.41) is 3.99. The molecule has 0 atom stereocenters. The summed E-state index contributed by atoms with van der Waals surface area (Å²) in [6.45, 7) is 0.633.